The lowest BCUT2D eigenvalue weighted by atomic mass is 10.1. The average Bonchev–Trinajstić information content (AvgIpc) is 3.10. The first-order chi connectivity index (χ1) is 9.86. The first-order valence-corrected chi connectivity index (χ1v) is 7.34. The summed E-state index contributed by atoms with van der Waals surface area (Å²) in [6.07, 6.45) is 3.40. The van der Waals surface area contributed by atoms with E-state index in [9.17, 15) is 0 Å². The Balaban J connectivity index is 1.64. The molecule has 5 heteroatoms. The molecule has 0 atom stereocenters. The van der Waals surface area contributed by atoms with E-state index in [0.717, 1.165) is 35.8 Å². The lowest BCUT2D eigenvalue weighted by Crippen LogP contribution is -2.25. The molecule has 0 aromatic heterocycles. The van der Waals surface area contributed by atoms with Crippen LogP contribution >= 0.6 is 0 Å². The van der Waals surface area contributed by atoms with Crippen LogP contribution in [-0.2, 0) is 6.42 Å². The molecule has 1 aromatic rings. The molecule has 110 valence electrons. The van der Waals surface area contributed by atoms with Gasteiger partial charge in [0, 0.05) is 12.6 Å². The summed E-state index contributed by atoms with van der Waals surface area (Å²) in [7, 11) is 0. The first-order valence-electron chi connectivity index (χ1n) is 7.34. The maximum Gasteiger partial charge on any atom is 0.231 e. The molecule has 1 fully saturated rings. The normalized spacial score (nSPS) is 17.6. The molecule has 1 aromatic carbocycles. The topological polar surface area (TPSA) is 57.0 Å². The molecule has 5 nitrogen and oxygen atoms in total. The van der Waals surface area contributed by atoms with Crippen LogP contribution in [0.1, 0.15) is 18.4 Å². The Kier molecular flexibility index (Phi) is 4.28. The van der Waals surface area contributed by atoms with E-state index in [1.807, 2.05) is 12.1 Å². The monoisotopic (exact) mass is 278 g/mol. The maximum absolute atomic E-state index is 5.94. The summed E-state index contributed by atoms with van der Waals surface area (Å²) >= 11 is 0. The molecule has 3 rings (SSSR count). The SMILES string of the molecule is NCCc1cc2c(cc1OCCN1CCCC1)OCO2. The zero-order chi connectivity index (χ0) is 13.8. The summed E-state index contributed by atoms with van der Waals surface area (Å²) < 4.78 is 16.8. The molecule has 2 heterocycles. The van der Waals surface area contributed by atoms with Crippen molar-refractivity contribution in [2.45, 2.75) is 19.3 Å². The quantitative estimate of drug-likeness (QED) is 0.852. The molecule has 2 aliphatic rings. The van der Waals surface area contributed by atoms with Crippen LogP contribution in [0, 0.1) is 0 Å². The summed E-state index contributed by atoms with van der Waals surface area (Å²) in [5.41, 5.74) is 6.76. The number of likely N-dealkylation sites (tertiary alicyclic amines) is 1. The highest BCUT2D eigenvalue weighted by Crippen LogP contribution is 2.38. The van der Waals surface area contributed by atoms with Crippen molar-refractivity contribution in [3.8, 4) is 17.2 Å². The second kappa shape index (κ2) is 6.33. The van der Waals surface area contributed by atoms with Gasteiger partial charge in [0.25, 0.3) is 0 Å². The Morgan fingerprint density at radius 3 is 2.65 bits per heavy atom. The van der Waals surface area contributed by atoms with E-state index in [4.69, 9.17) is 19.9 Å². The summed E-state index contributed by atoms with van der Waals surface area (Å²) in [6.45, 7) is 4.96. The fraction of sp³-hybridized carbons (Fsp3) is 0.600. The molecule has 0 radical (unpaired) electrons. The van der Waals surface area contributed by atoms with Crippen LogP contribution < -0.4 is 19.9 Å². The fourth-order valence-electron chi connectivity index (χ4n) is 2.74. The van der Waals surface area contributed by atoms with Gasteiger partial charge in [0.1, 0.15) is 12.4 Å². The second-order valence-corrected chi connectivity index (χ2v) is 5.25. The van der Waals surface area contributed by atoms with Gasteiger partial charge in [-0.15, -0.1) is 0 Å². The minimum absolute atomic E-state index is 0.286. The number of benzene rings is 1. The van der Waals surface area contributed by atoms with E-state index in [-0.39, 0.29) is 6.79 Å². The van der Waals surface area contributed by atoms with Gasteiger partial charge in [0.15, 0.2) is 11.5 Å². The predicted molar refractivity (Wildman–Crippen MR) is 76.5 cm³/mol. The van der Waals surface area contributed by atoms with E-state index in [2.05, 4.69) is 4.90 Å². The molecule has 2 aliphatic heterocycles. The minimum Gasteiger partial charge on any atom is -0.492 e. The number of fused-ring (bicyclic) bond motifs is 1. The Bertz CT molecular complexity index is 459. The smallest absolute Gasteiger partial charge is 0.231 e. The Labute approximate surface area is 119 Å². The van der Waals surface area contributed by atoms with Crippen molar-refractivity contribution in [1.82, 2.24) is 4.90 Å². The van der Waals surface area contributed by atoms with Crippen LogP contribution in [0.3, 0.4) is 0 Å². The van der Waals surface area contributed by atoms with Crippen molar-refractivity contribution in [2.24, 2.45) is 5.73 Å². The summed E-state index contributed by atoms with van der Waals surface area (Å²) in [6, 6.07) is 3.91. The number of hydrogen-bond donors (Lipinski definition) is 1. The maximum atomic E-state index is 5.94. The number of hydrogen-bond acceptors (Lipinski definition) is 5. The van der Waals surface area contributed by atoms with Crippen LogP contribution in [0.5, 0.6) is 17.2 Å². The zero-order valence-electron chi connectivity index (χ0n) is 11.8. The van der Waals surface area contributed by atoms with Gasteiger partial charge in [-0.1, -0.05) is 0 Å². The average molecular weight is 278 g/mol. The standard InChI is InChI=1S/C15H22N2O3/c16-4-3-12-9-14-15(20-11-19-14)10-13(12)18-8-7-17-5-1-2-6-17/h9-10H,1-8,11,16H2. The molecule has 0 amide bonds. The van der Waals surface area contributed by atoms with Gasteiger partial charge in [-0.3, -0.25) is 4.90 Å². The van der Waals surface area contributed by atoms with Crippen molar-refractivity contribution in [3.63, 3.8) is 0 Å². The third kappa shape index (κ3) is 2.99. The number of rotatable bonds is 6. The number of ether oxygens (including phenoxy) is 3. The van der Waals surface area contributed by atoms with Gasteiger partial charge in [-0.05, 0) is 50.5 Å². The largest absolute Gasteiger partial charge is 0.492 e. The third-order valence-corrected chi connectivity index (χ3v) is 3.83. The van der Waals surface area contributed by atoms with Crippen LogP contribution in [0.2, 0.25) is 0 Å². The zero-order valence-corrected chi connectivity index (χ0v) is 11.8. The molecule has 0 unspecified atom stereocenters. The van der Waals surface area contributed by atoms with E-state index in [1.165, 1.54) is 25.9 Å². The lowest BCUT2D eigenvalue weighted by molar-refractivity contribution is 0.173. The Morgan fingerprint density at radius 2 is 1.90 bits per heavy atom. The number of nitrogens with zero attached hydrogens (tertiary/aromatic N) is 1. The van der Waals surface area contributed by atoms with Gasteiger partial charge in [0.05, 0.1) is 0 Å². The second-order valence-electron chi connectivity index (χ2n) is 5.25. The Morgan fingerprint density at radius 1 is 1.15 bits per heavy atom. The molecule has 0 saturated carbocycles. The van der Waals surface area contributed by atoms with Crippen LogP contribution in [0.4, 0.5) is 0 Å². The summed E-state index contributed by atoms with van der Waals surface area (Å²) in [5, 5.41) is 0. The highest BCUT2D eigenvalue weighted by atomic mass is 16.7. The minimum atomic E-state index is 0.286. The van der Waals surface area contributed by atoms with Gasteiger partial charge in [-0.2, -0.15) is 0 Å². The van der Waals surface area contributed by atoms with Crippen molar-refractivity contribution in [1.29, 1.82) is 0 Å². The van der Waals surface area contributed by atoms with Crippen LogP contribution in [0.25, 0.3) is 0 Å². The highest BCUT2D eigenvalue weighted by molar-refractivity contribution is 5.52. The van der Waals surface area contributed by atoms with E-state index >= 15 is 0 Å². The molecule has 0 spiro atoms. The lowest BCUT2D eigenvalue weighted by Gasteiger charge is -2.16. The number of nitrogens with two attached hydrogens (primary N) is 1. The molecule has 20 heavy (non-hydrogen) atoms. The molecule has 0 bridgehead atoms. The third-order valence-electron chi connectivity index (χ3n) is 3.83. The molecule has 2 N–H and O–H groups in total. The molecular weight excluding hydrogens is 256 g/mol. The van der Waals surface area contributed by atoms with Gasteiger partial charge in [-0.25, -0.2) is 0 Å². The van der Waals surface area contributed by atoms with Crippen molar-refractivity contribution >= 4 is 0 Å². The first kappa shape index (κ1) is 13.5. The molecule has 0 aliphatic carbocycles. The predicted octanol–water partition coefficient (Wildman–Crippen LogP) is 1.39. The van der Waals surface area contributed by atoms with Crippen LogP contribution in [0.15, 0.2) is 12.1 Å². The van der Waals surface area contributed by atoms with Crippen molar-refractivity contribution in [3.05, 3.63) is 17.7 Å². The van der Waals surface area contributed by atoms with Gasteiger partial charge < -0.3 is 19.9 Å². The van der Waals surface area contributed by atoms with Gasteiger partial charge in [0.2, 0.25) is 6.79 Å². The summed E-state index contributed by atoms with van der Waals surface area (Å²) in [4.78, 5) is 2.44. The Hall–Kier alpha value is -1.46. The molecular formula is C15H22N2O3. The van der Waals surface area contributed by atoms with Crippen molar-refractivity contribution < 1.29 is 14.2 Å². The fourth-order valence-corrected chi connectivity index (χ4v) is 2.74. The van der Waals surface area contributed by atoms with Crippen molar-refractivity contribution in [2.75, 3.05) is 39.6 Å². The van der Waals surface area contributed by atoms with E-state index < -0.39 is 0 Å². The molecule has 1 saturated heterocycles. The van der Waals surface area contributed by atoms with Gasteiger partial charge >= 0.3 is 0 Å². The summed E-state index contributed by atoms with van der Waals surface area (Å²) in [5.74, 6) is 2.43. The van der Waals surface area contributed by atoms with E-state index in [1.54, 1.807) is 0 Å². The highest BCUT2D eigenvalue weighted by Gasteiger charge is 2.18. The van der Waals surface area contributed by atoms with E-state index in [0.29, 0.717) is 13.2 Å². The van der Waals surface area contributed by atoms with Crippen LogP contribution in [-0.4, -0.2) is 44.5 Å².